The molecule has 1 unspecified atom stereocenters. The van der Waals surface area contributed by atoms with Crippen LogP contribution in [0.3, 0.4) is 0 Å². The molecular formula is C14H20FN3O2. The minimum Gasteiger partial charge on any atom is -0.313 e. The fraction of sp³-hybridized carbons (Fsp3) is 0.571. The van der Waals surface area contributed by atoms with Crippen LogP contribution in [0.15, 0.2) is 18.2 Å². The molecule has 1 aliphatic rings. The third-order valence-corrected chi connectivity index (χ3v) is 3.74. The van der Waals surface area contributed by atoms with Gasteiger partial charge in [-0.05, 0) is 25.9 Å². The molecule has 1 atom stereocenters. The molecule has 0 amide bonds. The lowest BCUT2D eigenvalue weighted by molar-refractivity contribution is -0.387. The Kier molecular flexibility index (Phi) is 5.03. The summed E-state index contributed by atoms with van der Waals surface area (Å²) in [5.41, 5.74) is -0.0587. The number of nitrogens with zero attached hydrogens (tertiary/aromatic N) is 2. The van der Waals surface area contributed by atoms with E-state index in [1.807, 2.05) is 6.92 Å². The normalized spacial score (nSPS) is 18.6. The van der Waals surface area contributed by atoms with E-state index in [0.29, 0.717) is 18.2 Å². The second-order valence-electron chi connectivity index (χ2n) is 5.13. The van der Waals surface area contributed by atoms with Crippen molar-refractivity contribution in [2.45, 2.75) is 32.4 Å². The Balaban J connectivity index is 2.06. The number of halogens is 1. The maximum absolute atomic E-state index is 14.0. The zero-order valence-corrected chi connectivity index (χ0v) is 11.6. The quantitative estimate of drug-likeness (QED) is 0.642. The molecular weight excluding hydrogens is 261 g/mol. The van der Waals surface area contributed by atoms with Gasteiger partial charge in [0.25, 0.3) is 0 Å². The molecule has 0 aliphatic carbocycles. The number of hydrogen-bond acceptors (Lipinski definition) is 4. The predicted octanol–water partition coefficient (Wildman–Crippen LogP) is 2.31. The second-order valence-corrected chi connectivity index (χ2v) is 5.13. The summed E-state index contributed by atoms with van der Waals surface area (Å²) in [6.07, 6.45) is 2.31. The van der Waals surface area contributed by atoms with Crippen LogP contribution in [0, 0.1) is 15.9 Å². The predicted molar refractivity (Wildman–Crippen MR) is 75.0 cm³/mol. The van der Waals surface area contributed by atoms with Gasteiger partial charge in [0.2, 0.25) is 5.82 Å². The van der Waals surface area contributed by atoms with Gasteiger partial charge in [-0.25, -0.2) is 0 Å². The van der Waals surface area contributed by atoms with E-state index in [4.69, 9.17) is 0 Å². The van der Waals surface area contributed by atoms with Crippen LogP contribution in [0.5, 0.6) is 0 Å². The first-order chi connectivity index (χ1) is 9.61. The highest BCUT2D eigenvalue weighted by Gasteiger charge is 2.21. The highest BCUT2D eigenvalue weighted by molar-refractivity contribution is 5.36. The Labute approximate surface area is 117 Å². The summed E-state index contributed by atoms with van der Waals surface area (Å²) in [5.74, 6) is -0.713. The van der Waals surface area contributed by atoms with Gasteiger partial charge in [0.1, 0.15) is 0 Å². The summed E-state index contributed by atoms with van der Waals surface area (Å²) in [7, 11) is 0. The molecule has 1 aliphatic heterocycles. The van der Waals surface area contributed by atoms with E-state index >= 15 is 0 Å². The van der Waals surface area contributed by atoms with Gasteiger partial charge in [-0.3, -0.25) is 15.0 Å². The fourth-order valence-corrected chi connectivity index (χ4v) is 2.60. The van der Waals surface area contributed by atoms with Crippen molar-refractivity contribution in [2.24, 2.45) is 0 Å². The molecule has 110 valence electrons. The van der Waals surface area contributed by atoms with Crippen molar-refractivity contribution in [3.8, 4) is 0 Å². The van der Waals surface area contributed by atoms with Gasteiger partial charge in [-0.15, -0.1) is 0 Å². The second kappa shape index (κ2) is 6.76. The summed E-state index contributed by atoms with van der Waals surface area (Å²) >= 11 is 0. The maximum Gasteiger partial charge on any atom is 0.305 e. The van der Waals surface area contributed by atoms with Crippen LogP contribution in [0.1, 0.15) is 25.3 Å². The average Bonchev–Trinajstić information content (AvgIpc) is 2.92. The topological polar surface area (TPSA) is 58.4 Å². The first kappa shape index (κ1) is 14.9. The zero-order valence-electron chi connectivity index (χ0n) is 11.6. The third kappa shape index (κ3) is 3.52. The number of likely N-dealkylation sites (N-methyl/N-ethyl adjacent to an activating group) is 1. The summed E-state index contributed by atoms with van der Waals surface area (Å²) in [5, 5.41) is 14.2. The summed E-state index contributed by atoms with van der Waals surface area (Å²) in [6, 6.07) is 4.80. The lowest BCUT2D eigenvalue weighted by Crippen LogP contribution is -2.37. The molecule has 2 rings (SSSR count). The molecule has 1 heterocycles. The van der Waals surface area contributed by atoms with E-state index < -0.39 is 16.4 Å². The van der Waals surface area contributed by atoms with Crippen molar-refractivity contribution >= 4 is 5.69 Å². The number of nitro benzene ring substituents is 1. The summed E-state index contributed by atoms with van der Waals surface area (Å²) in [6.45, 7) is 5.10. The molecule has 0 radical (unpaired) electrons. The molecule has 5 nitrogen and oxygen atoms in total. The van der Waals surface area contributed by atoms with Crippen LogP contribution < -0.4 is 5.32 Å². The van der Waals surface area contributed by atoms with Gasteiger partial charge in [0.05, 0.1) is 4.92 Å². The molecule has 0 spiro atoms. The number of nitrogens with one attached hydrogen (secondary N) is 1. The molecule has 0 bridgehead atoms. The van der Waals surface area contributed by atoms with Crippen molar-refractivity contribution in [1.82, 2.24) is 10.2 Å². The van der Waals surface area contributed by atoms with E-state index in [1.165, 1.54) is 18.6 Å². The molecule has 1 saturated heterocycles. The van der Waals surface area contributed by atoms with Crippen molar-refractivity contribution in [1.29, 1.82) is 0 Å². The largest absolute Gasteiger partial charge is 0.313 e. The van der Waals surface area contributed by atoms with Crippen LogP contribution in [-0.4, -0.2) is 35.5 Å². The van der Waals surface area contributed by atoms with E-state index in [-0.39, 0.29) is 0 Å². The molecule has 20 heavy (non-hydrogen) atoms. The van der Waals surface area contributed by atoms with Crippen LogP contribution >= 0.6 is 0 Å². The van der Waals surface area contributed by atoms with Crippen LogP contribution in [0.25, 0.3) is 0 Å². The molecule has 6 heteroatoms. The Morgan fingerprint density at radius 2 is 2.35 bits per heavy atom. The first-order valence-corrected chi connectivity index (χ1v) is 6.99. The lowest BCUT2D eigenvalue weighted by Gasteiger charge is -2.24. The number of hydrogen-bond donors (Lipinski definition) is 1. The standard InChI is InChI=1S/C14H20FN3O2/c1-2-17(10-12-6-4-8-16-12)9-11-5-3-7-13(14(11)15)18(19)20/h3,5,7,12,16H,2,4,6,8-10H2,1H3. The van der Waals surface area contributed by atoms with Crippen molar-refractivity contribution in [3.63, 3.8) is 0 Å². The van der Waals surface area contributed by atoms with Crippen molar-refractivity contribution in [2.75, 3.05) is 19.6 Å². The lowest BCUT2D eigenvalue weighted by atomic mass is 10.1. The van der Waals surface area contributed by atoms with Crippen molar-refractivity contribution in [3.05, 3.63) is 39.7 Å². The Morgan fingerprint density at radius 1 is 1.55 bits per heavy atom. The Hall–Kier alpha value is -1.53. The SMILES string of the molecule is CCN(Cc1cccc([N+](=O)[O-])c1F)CC1CCCN1. The van der Waals surface area contributed by atoms with Gasteiger partial charge in [-0.2, -0.15) is 4.39 Å². The van der Waals surface area contributed by atoms with Crippen LogP contribution in [-0.2, 0) is 6.54 Å². The van der Waals surface area contributed by atoms with E-state index in [1.54, 1.807) is 6.07 Å². The Bertz CT molecular complexity index is 475. The number of nitro groups is 1. The fourth-order valence-electron chi connectivity index (χ4n) is 2.60. The van der Waals surface area contributed by atoms with Crippen LogP contribution in [0.4, 0.5) is 10.1 Å². The highest BCUT2D eigenvalue weighted by atomic mass is 19.1. The van der Waals surface area contributed by atoms with Crippen LogP contribution in [0.2, 0.25) is 0 Å². The Morgan fingerprint density at radius 3 is 2.95 bits per heavy atom. The average molecular weight is 281 g/mol. The maximum atomic E-state index is 14.0. The van der Waals surface area contributed by atoms with Gasteiger partial charge >= 0.3 is 5.69 Å². The van der Waals surface area contributed by atoms with Gasteiger partial charge in [0.15, 0.2) is 0 Å². The molecule has 0 saturated carbocycles. The van der Waals surface area contributed by atoms with Crippen molar-refractivity contribution < 1.29 is 9.31 Å². The van der Waals surface area contributed by atoms with Gasteiger partial charge in [0, 0.05) is 30.8 Å². The summed E-state index contributed by atoms with van der Waals surface area (Å²) < 4.78 is 14.0. The highest BCUT2D eigenvalue weighted by Crippen LogP contribution is 2.21. The molecule has 0 aromatic heterocycles. The number of benzene rings is 1. The molecule has 1 N–H and O–H groups in total. The smallest absolute Gasteiger partial charge is 0.305 e. The van der Waals surface area contributed by atoms with Gasteiger partial charge < -0.3 is 5.32 Å². The molecule has 1 aromatic rings. The number of rotatable bonds is 6. The molecule has 1 fully saturated rings. The third-order valence-electron chi connectivity index (χ3n) is 3.74. The minimum absolute atomic E-state index is 0.388. The van der Waals surface area contributed by atoms with E-state index in [2.05, 4.69) is 10.2 Å². The zero-order chi connectivity index (χ0) is 14.5. The van der Waals surface area contributed by atoms with E-state index in [9.17, 15) is 14.5 Å². The first-order valence-electron chi connectivity index (χ1n) is 6.99. The minimum atomic E-state index is -0.713. The monoisotopic (exact) mass is 281 g/mol. The van der Waals surface area contributed by atoms with E-state index in [0.717, 1.165) is 26.1 Å². The summed E-state index contributed by atoms with van der Waals surface area (Å²) in [4.78, 5) is 12.2. The molecule has 1 aromatic carbocycles. The van der Waals surface area contributed by atoms with Gasteiger partial charge in [-0.1, -0.05) is 19.1 Å².